The van der Waals surface area contributed by atoms with Crippen molar-refractivity contribution in [1.29, 1.82) is 0 Å². The van der Waals surface area contributed by atoms with Gasteiger partial charge in [0.2, 0.25) is 0 Å². The van der Waals surface area contributed by atoms with Crippen molar-refractivity contribution in [3.8, 4) is 5.75 Å². The molecule has 0 aliphatic heterocycles. The second-order valence-corrected chi connectivity index (χ2v) is 5.08. The maximum atomic E-state index is 5.29. The van der Waals surface area contributed by atoms with E-state index in [1.54, 1.807) is 18.4 Å². The van der Waals surface area contributed by atoms with Gasteiger partial charge in [-0.25, -0.2) is 4.98 Å². The van der Waals surface area contributed by atoms with Crippen molar-refractivity contribution < 1.29 is 4.74 Å². The van der Waals surface area contributed by atoms with Crippen molar-refractivity contribution in [1.82, 2.24) is 4.98 Å². The standard InChI is InChI=1S/C13H16N2OS/c1-9-13(17-10(2)15-9)8-14-11-6-4-5-7-12(11)16-3/h4-7,14H,8H2,1-3H3. The Morgan fingerprint density at radius 1 is 1.29 bits per heavy atom. The fraction of sp³-hybridized carbons (Fsp3) is 0.308. The van der Waals surface area contributed by atoms with E-state index in [9.17, 15) is 0 Å². The van der Waals surface area contributed by atoms with Crippen LogP contribution >= 0.6 is 11.3 Å². The Bertz CT molecular complexity index is 508. The molecule has 0 bridgehead atoms. The van der Waals surface area contributed by atoms with E-state index in [4.69, 9.17) is 4.74 Å². The highest BCUT2D eigenvalue weighted by Gasteiger charge is 2.06. The molecule has 2 aromatic rings. The molecule has 0 saturated heterocycles. The van der Waals surface area contributed by atoms with Crippen LogP contribution in [0.1, 0.15) is 15.6 Å². The molecule has 0 unspecified atom stereocenters. The first-order chi connectivity index (χ1) is 8.20. The number of para-hydroxylation sites is 2. The maximum absolute atomic E-state index is 5.29. The van der Waals surface area contributed by atoms with Crippen molar-refractivity contribution in [3.05, 3.63) is 39.8 Å². The minimum absolute atomic E-state index is 0.789. The fourth-order valence-corrected chi connectivity index (χ4v) is 2.58. The summed E-state index contributed by atoms with van der Waals surface area (Å²) in [6, 6.07) is 7.93. The molecular weight excluding hydrogens is 232 g/mol. The lowest BCUT2D eigenvalue weighted by molar-refractivity contribution is 0.416. The summed E-state index contributed by atoms with van der Waals surface area (Å²) in [6.07, 6.45) is 0. The third kappa shape index (κ3) is 2.77. The van der Waals surface area contributed by atoms with Crippen LogP contribution in [-0.4, -0.2) is 12.1 Å². The molecule has 0 spiro atoms. The number of rotatable bonds is 4. The molecule has 2 rings (SSSR count). The molecule has 3 nitrogen and oxygen atoms in total. The van der Waals surface area contributed by atoms with Gasteiger partial charge in [-0.05, 0) is 26.0 Å². The number of ether oxygens (including phenoxy) is 1. The van der Waals surface area contributed by atoms with Gasteiger partial charge in [0.25, 0.3) is 0 Å². The third-order valence-electron chi connectivity index (χ3n) is 2.55. The summed E-state index contributed by atoms with van der Waals surface area (Å²) in [7, 11) is 1.68. The summed E-state index contributed by atoms with van der Waals surface area (Å²) in [5.41, 5.74) is 2.12. The summed E-state index contributed by atoms with van der Waals surface area (Å²) in [5, 5.41) is 4.49. The minimum atomic E-state index is 0.789. The van der Waals surface area contributed by atoms with Crippen molar-refractivity contribution in [3.63, 3.8) is 0 Å². The summed E-state index contributed by atoms with van der Waals surface area (Å²) < 4.78 is 5.29. The van der Waals surface area contributed by atoms with Crippen LogP contribution in [0.25, 0.3) is 0 Å². The first-order valence-electron chi connectivity index (χ1n) is 5.50. The molecule has 90 valence electrons. The quantitative estimate of drug-likeness (QED) is 0.900. The normalized spacial score (nSPS) is 10.3. The number of benzene rings is 1. The van der Waals surface area contributed by atoms with Crippen LogP contribution in [0, 0.1) is 13.8 Å². The zero-order valence-electron chi connectivity index (χ0n) is 10.3. The lowest BCUT2D eigenvalue weighted by atomic mass is 10.3. The molecule has 1 heterocycles. The summed E-state index contributed by atoms with van der Waals surface area (Å²) in [5.74, 6) is 0.867. The van der Waals surface area contributed by atoms with Gasteiger partial charge in [0, 0.05) is 4.88 Å². The molecule has 0 aliphatic rings. The number of thiazole rings is 1. The minimum Gasteiger partial charge on any atom is -0.495 e. The van der Waals surface area contributed by atoms with E-state index in [1.807, 2.05) is 38.1 Å². The van der Waals surface area contributed by atoms with Crippen LogP contribution in [0.4, 0.5) is 5.69 Å². The molecule has 1 aromatic carbocycles. The molecule has 17 heavy (non-hydrogen) atoms. The van der Waals surface area contributed by atoms with Crippen LogP contribution in [0.2, 0.25) is 0 Å². The predicted octanol–water partition coefficient (Wildman–Crippen LogP) is 3.38. The molecule has 0 atom stereocenters. The van der Waals surface area contributed by atoms with E-state index in [1.165, 1.54) is 4.88 Å². The van der Waals surface area contributed by atoms with Crippen LogP contribution in [0.3, 0.4) is 0 Å². The number of nitrogens with zero attached hydrogens (tertiary/aromatic N) is 1. The van der Waals surface area contributed by atoms with Crippen LogP contribution in [-0.2, 0) is 6.54 Å². The van der Waals surface area contributed by atoms with Crippen molar-refractivity contribution in [2.75, 3.05) is 12.4 Å². The lowest BCUT2D eigenvalue weighted by Crippen LogP contribution is -2.00. The van der Waals surface area contributed by atoms with Gasteiger partial charge < -0.3 is 10.1 Å². The topological polar surface area (TPSA) is 34.1 Å². The fourth-order valence-electron chi connectivity index (χ4n) is 1.70. The highest BCUT2D eigenvalue weighted by atomic mass is 32.1. The van der Waals surface area contributed by atoms with Crippen molar-refractivity contribution in [2.45, 2.75) is 20.4 Å². The Balaban J connectivity index is 2.09. The number of hydrogen-bond acceptors (Lipinski definition) is 4. The number of anilines is 1. The van der Waals surface area contributed by atoms with Gasteiger partial charge in [-0.2, -0.15) is 0 Å². The largest absolute Gasteiger partial charge is 0.495 e. The summed E-state index contributed by atoms with van der Waals surface area (Å²) in [6.45, 7) is 4.87. The van der Waals surface area contributed by atoms with Crippen LogP contribution < -0.4 is 10.1 Å². The van der Waals surface area contributed by atoms with Crippen LogP contribution in [0.5, 0.6) is 5.75 Å². The van der Waals surface area contributed by atoms with E-state index < -0.39 is 0 Å². The number of aromatic nitrogens is 1. The molecule has 1 aromatic heterocycles. The second kappa shape index (κ2) is 5.19. The van der Waals surface area contributed by atoms with Gasteiger partial charge in [-0.3, -0.25) is 0 Å². The van der Waals surface area contributed by atoms with Gasteiger partial charge in [0.15, 0.2) is 0 Å². The van der Waals surface area contributed by atoms with Crippen molar-refractivity contribution >= 4 is 17.0 Å². The monoisotopic (exact) mass is 248 g/mol. The Morgan fingerprint density at radius 2 is 2.06 bits per heavy atom. The molecule has 1 N–H and O–H groups in total. The van der Waals surface area contributed by atoms with Gasteiger partial charge in [0.1, 0.15) is 5.75 Å². The van der Waals surface area contributed by atoms with Crippen LogP contribution in [0.15, 0.2) is 24.3 Å². The van der Waals surface area contributed by atoms with E-state index in [2.05, 4.69) is 10.3 Å². The number of nitrogens with one attached hydrogen (secondary N) is 1. The Morgan fingerprint density at radius 3 is 2.71 bits per heavy atom. The maximum Gasteiger partial charge on any atom is 0.141 e. The highest BCUT2D eigenvalue weighted by molar-refractivity contribution is 7.11. The third-order valence-corrected chi connectivity index (χ3v) is 3.62. The molecule has 0 aliphatic carbocycles. The molecule has 0 radical (unpaired) electrons. The summed E-state index contributed by atoms with van der Waals surface area (Å²) >= 11 is 1.73. The molecule has 0 fully saturated rings. The van der Waals surface area contributed by atoms with Crippen molar-refractivity contribution in [2.24, 2.45) is 0 Å². The van der Waals surface area contributed by atoms with E-state index in [0.717, 1.165) is 28.7 Å². The van der Waals surface area contributed by atoms with Gasteiger partial charge in [-0.1, -0.05) is 12.1 Å². The van der Waals surface area contributed by atoms with E-state index in [-0.39, 0.29) is 0 Å². The average Bonchev–Trinajstić information content (AvgIpc) is 2.65. The zero-order valence-corrected chi connectivity index (χ0v) is 11.1. The number of hydrogen-bond donors (Lipinski definition) is 1. The number of aryl methyl sites for hydroxylation is 2. The molecular formula is C13H16N2OS. The molecule has 4 heteroatoms. The first-order valence-corrected chi connectivity index (χ1v) is 6.32. The smallest absolute Gasteiger partial charge is 0.141 e. The highest BCUT2D eigenvalue weighted by Crippen LogP contribution is 2.25. The molecule has 0 amide bonds. The lowest BCUT2D eigenvalue weighted by Gasteiger charge is -2.09. The SMILES string of the molecule is COc1ccccc1NCc1sc(C)nc1C. The Labute approximate surface area is 105 Å². The predicted molar refractivity (Wildman–Crippen MR) is 71.9 cm³/mol. The van der Waals surface area contributed by atoms with Gasteiger partial charge in [0.05, 0.1) is 30.0 Å². The summed E-state index contributed by atoms with van der Waals surface area (Å²) in [4.78, 5) is 5.68. The van der Waals surface area contributed by atoms with Gasteiger partial charge >= 0.3 is 0 Å². The van der Waals surface area contributed by atoms with E-state index in [0.29, 0.717) is 0 Å². The second-order valence-electron chi connectivity index (χ2n) is 3.80. The Kier molecular flexibility index (Phi) is 3.64. The molecule has 0 saturated carbocycles. The van der Waals surface area contributed by atoms with Gasteiger partial charge in [-0.15, -0.1) is 11.3 Å². The first kappa shape index (κ1) is 11.9. The average molecular weight is 248 g/mol. The Hall–Kier alpha value is -1.55. The van der Waals surface area contributed by atoms with E-state index >= 15 is 0 Å². The number of methoxy groups -OCH3 is 1. The zero-order chi connectivity index (χ0) is 12.3.